The topological polar surface area (TPSA) is 29.9 Å². The predicted octanol–water partition coefficient (Wildman–Crippen LogP) is 3.22. The first-order valence-corrected chi connectivity index (χ1v) is 6.47. The quantitative estimate of drug-likeness (QED) is 0.871. The van der Waals surface area contributed by atoms with Crippen LogP contribution in [0, 0.1) is 19.3 Å². The minimum absolute atomic E-state index is 0.362. The summed E-state index contributed by atoms with van der Waals surface area (Å²) in [6, 6.07) is 0.374. The van der Waals surface area contributed by atoms with Gasteiger partial charge in [-0.3, -0.25) is 4.68 Å². The zero-order valence-electron chi connectivity index (χ0n) is 12.4. The van der Waals surface area contributed by atoms with E-state index in [-0.39, 0.29) is 0 Å². The van der Waals surface area contributed by atoms with Gasteiger partial charge in [-0.25, -0.2) is 0 Å². The second kappa shape index (κ2) is 5.21. The molecule has 3 heteroatoms. The number of rotatable bonds is 4. The molecular formula is C14H27N3. The highest BCUT2D eigenvalue weighted by atomic mass is 15.3. The van der Waals surface area contributed by atoms with Gasteiger partial charge in [-0.1, -0.05) is 20.8 Å². The normalized spacial score (nSPS) is 14.1. The fourth-order valence-corrected chi connectivity index (χ4v) is 2.14. The molecule has 0 saturated carbocycles. The molecule has 0 aliphatic carbocycles. The van der Waals surface area contributed by atoms with Gasteiger partial charge in [0.2, 0.25) is 0 Å². The summed E-state index contributed by atoms with van der Waals surface area (Å²) in [6.45, 7) is 14.3. The lowest BCUT2D eigenvalue weighted by atomic mass is 9.92. The first-order valence-electron chi connectivity index (χ1n) is 6.47. The van der Waals surface area contributed by atoms with E-state index >= 15 is 0 Å². The van der Waals surface area contributed by atoms with E-state index in [0.29, 0.717) is 11.5 Å². The first-order chi connectivity index (χ1) is 7.76. The molecule has 0 aromatic carbocycles. The van der Waals surface area contributed by atoms with Crippen molar-refractivity contribution in [3.63, 3.8) is 0 Å². The lowest BCUT2D eigenvalue weighted by Gasteiger charge is -2.18. The zero-order valence-corrected chi connectivity index (χ0v) is 12.4. The maximum Gasteiger partial charge on any atom is 0.0644 e. The third-order valence-corrected chi connectivity index (χ3v) is 3.38. The second-order valence-electron chi connectivity index (χ2n) is 6.13. The highest BCUT2D eigenvalue weighted by molar-refractivity contribution is 5.27. The summed E-state index contributed by atoms with van der Waals surface area (Å²) >= 11 is 0. The summed E-state index contributed by atoms with van der Waals surface area (Å²) in [7, 11) is 2.00. The lowest BCUT2D eigenvalue weighted by Crippen LogP contribution is -2.15. The lowest BCUT2D eigenvalue weighted by molar-refractivity contribution is 0.338. The van der Waals surface area contributed by atoms with Crippen molar-refractivity contribution < 1.29 is 0 Å². The monoisotopic (exact) mass is 237 g/mol. The molecule has 98 valence electrons. The Hall–Kier alpha value is -0.830. The van der Waals surface area contributed by atoms with Crippen LogP contribution in [0.25, 0.3) is 0 Å². The molecule has 1 heterocycles. The van der Waals surface area contributed by atoms with Crippen molar-refractivity contribution in [2.24, 2.45) is 5.41 Å². The molecule has 1 unspecified atom stereocenters. The Kier molecular flexibility index (Phi) is 4.36. The SMILES string of the molecule is CNC(C)c1c(C)nn(CCC(C)(C)C)c1C. The van der Waals surface area contributed by atoms with Gasteiger partial charge >= 0.3 is 0 Å². The Morgan fingerprint density at radius 2 is 1.88 bits per heavy atom. The molecule has 0 radical (unpaired) electrons. The molecule has 0 amide bonds. The molecule has 1 rings (SSSR count). The minimum atomic E-state index is 0.362. The zero-order chi connectivity index (χ0) is 13.2. The molecular weight excluding hydrogens is 210 g/mol. The van der Waals surface area contributed by atoms with Crippen LogP contribution in [0.5, 0.6) is 0 Å². The van der Waals surface area contributed by atoms with Crippen LogP contribution in [0.4, 0.5) is 0 Å². The Labute approximate surface area is 106 Å². The van der Waals surface area contributed by atoms with Crippen molar-refractivity contribution in [3.8, 4) is 0 Å². The third kappa shape index (κ3) is 3.56. The van der Waals surface area contributed by atoms with Crippen LogP contribution in [0.15, 0.2) is 0 Å². The van der Waals surface area contributed by atoms with Gasteiger partial charge in [-0.05, 0) is 39.7 Å². The number of nitrogens with one attached hydrogen (secondary N) is 1. The Balaban J connectivity index is 2.89. The first kappa shape index (κ1) is 14.2. The maximum absolute atomic E-state index is 4.66. The van der Waals surface area contributed by atoms with Gasteiger partial charge in [-0.15, -0.1) is 0 Å². The highest BCUT2D eigenvalue weighted by Crippen LogP contribution is 2.24. The smallest absolute Gasteiger partial charge is 0.0644 e. The van der Waals surface area contributed by atoms with E-state index in [1.807, 2.05) is 7.05 Å². The van der Waals surface area contributed by atoms with Gasteiger partial charge in [0.05, 0.1) is 5.69 Å². The van der Waals surface area contributed by atoms with Gasteiger partial charge in [-0.2, -0.15) is 5.10 Å². The molecule has 17 heavy (non-hydrogen) atoms. The molecule has 1 atom stereocenters. The Morgan fingerprint density at radius 1 is 1.29 bits per heavy atom. The van der Waals surface area contributed by atoms with Crippen molar-refractivity contribution in [2.75, 3.05) is 7.05 Å². The number of aryl methyl sites for hydroxylation is 2. The molecule has 1 aromatic heterocycles. The van der Waals surface area contributed by atoms with Gasteiger partial charge < -0.3 is 5.32 Å². The van der Waals surface area contributed by atoms with E-state index in [1.165, 1.54) is 11.3 Å². The molecule has 1 aromatic rings. The minimum Gasteiger partial charge on any atom is -0.313 e. The van der Waals surface area contributed by atoms with Crippen LogP contribution in [0.2, 0.25) is 0 Å². The van der Waals surface area contributed by atoms with E-state index in [4.69, 9.17) is 0 Å². The van der Waals surface area contributed by atoms with E-state index in [0.717, 1.165) is 18.7 Å². The third-order valence-electron chi connectivity index (χ3n) is 3.38. The fourth-order valence-electron chi connectivity index (χ4n) is 2.14. The summed E-state index contributed by atoms with van der Waals surface area (Å²) < 4.78 is 2.16. The van der Waals surface area contributed by atoms with E-state index in [9.17, 15) is 0 Å². The molecule has 0 aliphatic heterocycles. The second-order valence-corrected chi connectivity index (χ2v) is 6.13. The van der Waals surface area contributed by atoms with Crippen LogP contribution in [-0.2, 0) is 6.54 Å². The summed E-state index contributed by atoms with van der Waals surface area (Å²) in [5, 5.41) is 7.95. The maximum atomic E-state index is 4.66. The van der Waals surface area contributed by atoms with Gasteiger partial charge in [0.25, 0.3) is 0 Å². The molecule has 0 aliphatic rings. The molecule has 0 bridgehead atoms. The van der Waals surface area contributed by atoms with E-state index < -0.39 is 0 Å². The average Bonchev–Trinajstić information content (AvgIpc) is 2.49. The largest absolute Gasteiger partial charge is 0.313 e. The van der Waals surface area contributed by atoms with Crippen molar-refractivity contribution in [1.82, 2.24) is 15.1 Å². The summed E-state index contributed by atoms with van der Waals surface area (Å²) in [5.74, 6) is 0. The summed E-state index contributed by atoms with van der Waals surface area (Å²) in [6.07, 6.45) is 1.16. The number of hydrogen-bond donors (Lipinski definition) is 1. The Morgan fingerprint density at radius 3 is 2.35 bits per heavy atom. The number of nitrogens with zero attached hydrogens (tertiary/aromatic N) is 2. The van der Waals surface area contributed by atoms with Crippen LogP contribution in [-0.4, -0.2) is 16.8 Å². The van der Waals surface area contributed by atoms with Crippen molar-refractivity contribution in [1.29, 1.82) is 0 Å². The molecule has 3 nitrogen and oxygen atoms in total. The molecule has 0 spiro atoms. The number of aromatic nitrogens is 2. The van der Waals surface area contributed by atoms with Crippen molar-refractivity contribution in [3.05, 3.63) is 17.0 Å². The average molecular weight is 237 g/mol. The van der Waals surface area contributed by atoms with Crippen molar-refractivity contribution >= 4 is 0 Å². The van der Waals surface area contributed by atoms with E-state index in [2.05, 4.69) is 56.6 Å². The number of hydrogen-bond acceptors (Lipinski definition) is 2. The van der Waals surface area contributed by atoms with Crippen LogP contribution >= 0.6 is 0 Å². The van der Waals surface area contributed by atoms with Gasteiger partial charge in [0.15, 0.2) is 0 Å². The van der Waals surface area contributed by atoms with Crippen LogP contribution < -0.4 is 5.32 Å². The Bertz CT molecular complexity index is 372. The van der Waals surface area contributed by atoms with E-state index in [1.54, 1.807) is 0 Å². The molecule has 0 fully saturated rings. The standard InChI is InChI=1S/C14H27N3/c1-10(15-7)13-11(2)16-17(12(13)3)9-8-14(4,5)6/h10,15H,8-9H2,1-7H3. The summed E-state index contributed by atoms with van der Waals surface area (Å²) in [4.78, 5) is 0. The highest BCUT2D eigenvalue weighted by Gasteiger charge is 2.17. The predicted molar refractivity (Wildman–Crippen MR) is 73.2 cm³/mol. The molecule has 1 N–H and O–H groups in total. The van der Waals surface area contributed by atoms with Crippen molar-refractivity contribution in [2.45, 2.75) is 60.5 Å². The molecule has 0 saturated heterocycles. The summed E-state index contributed by atoms with van der Waals surface area (Å²) in [5.41, 5.74) is 4.16. The van der Waals surface area contributed by atoms with Crippen LogP contribution in [0.3, 0.4) is 0 Å². The fraction of sp³-hybridized carbons (Fsp3) is 0.786. The van der Waals surface area contributed by atoms with Gasteiger partial charge in [0.1, 0.15) is 0 Å². The van der Waals surface area contributed by atoms with Crippen LogP contribution in [0.1, 0.15) is 57.1 Å². The van der Waals surface area contributed by atoms with Gasteiger partial charge in [0, 0.05) is 23.8 Å².